The summed E-state index contributed by atoms with van der Waals surface area (Å²) in [4.78, 5) is 22.9. The highest BCUT2D eigenvalue weighted by atomic mass is 16.4. The van der Waals surface area contributed by atoms with Crippen molar-refractivity contribution in [3.05, 3.63) is 0 Å². The second kappa shape index (κ2) is 16.8. The fraction of sp³-hybridized carbons (Fsp3) is 0.900. The molecule has 0 bridgehead atoms. The molecule has 0 saturated heterocycles. The number of amides is 1. The third-order valence-electron chi connectivity index (χ3n) is 4.49. The van der Waals surface area contributed by atoms with E-state index in [9.17, 15) is 9.59 Å². The number of unbranched alkanes of at least 4 members (excludes halogenated alkanes) is 11. The number of hydrogen-bond acceptors (Lipinski definition) is 2. The zero-order valence-electron chi connectivity index (χ0n) is 15.9. The molecule has 0 aromatic heterocycles. The molecule has 0 aliphatic carbocycles. The van der Waals surface area contributed by atoms with Crippen molar-refractivity contribution in [3.8, 4) is 0 Å². The van der Waals surface area contributed by atoms with E-state index in [-0.39, 0.29) is 5.91 Å². The monoisotopic (exact) mass is 341 g/mol. The first kappa shape index (κ1) is 22.9. The molecule has 1 atom stereocenters. The van der Waals surface area contributed by atoms with E-state index in [4.69, 9.17) is 5.11 Å². The molecular formula is C20H39NO3. The van der Waals surface area contributed by atoms with Crippen LogP contribution < -0.4 is 5.32 Å². The minimum absolute atomic E-state index is 0.116. The van der Waals surface area contributed by atoms with Crippen LogP contribution in [-0.2, 0) is 9.59 Å². The summed E-state index contributed by atoms with van der Waals surface area (Å²) in [6, 6.07) is -0.717. The van der Waals surface area contributed by atoms with Crippen molar-refractivity contribution in [2.75, 3.05) is 0 Å². The van der Waals surface area contributed by atoms with Crippen LogP contribution in [0, 0.1) is 0 Å². The van der Waals surface area contributed by atoms with Crippen molar-refractivity contribution in [1.82, 2.24) is 5.32 Å². The highest BCUT2D eigenvalue weighted by Crippen LogP contribution is 2.12. The van der Waals surface area contributed by atoms with Crippen LogP contribution in [0.3, 0.4) is 0 Å². The third kappa shape index (κ3) is 14.5. The normalized spacial score (nSPS) is 12.1. The van der Waals surface area contributed by atoms with Crippen LogP contribution in [0.2, 0.25) is 0 Å². The predicted molar refractivity (Wildman–Crippen MR) is 100 cm³/mol. The second-order valence-electron chi connectivity index (χ2n) is 6.89. The number of rotatable bonds is 17. The first-order chi connectivity index (χ1) is 11.6. The number of carboxylic acid groups (broad SMARTS) is 1. The van der Waals surface area contributed by atoms with Crippen LogP contribution in [0.25, 0.3) is 0 Å². The third-order valence-corrected chi connectivity index (χ3v) is 4.49. The van der Waals surface area contributed by atoms with Gasteiger partial charge < -0.3 is 10.4 Å². The van der Waals surface area contributed by atoms with Gasteiger partial charge >= 0.3 is 5.97 Å². The van der Waals surface area contributed by atoms with Crippen molar-refractivity contribution < 1.29 is 14.7 Å². The number of carbonyl (C=O) groups excluding carboxylic acids is 1. The van der Waals surface area contributed by atoms with Gasteiger partial charge in [-0.2, -0.15) is 0 Å². The SMILES string of the molecule is CCCCCCCCCCCCCC(=O)N[C@@H](CCCC)C(=O)O. The van der Waals surface area contributed by atoms with Gasteiger partial charge in [0.05, 0.1) is 0 Å². The summed E-state index contributed by atoms with van der Waals surface area (Å²) >= 11 is 0. The lowest BCUT2D eigenvalue weighted by Gasteiger charge is -2.13. The molecule has 0 aliphatic heterocycles. The van der Waals surface area contributed by atoms with E-state index in [0.29, 0.717) is 12.8 Å². The zero-order valence-corrected chi connectivity index (χ0v) is 15.9. The summed E-state index contributed by atoms with van der Waals surface area (Å²) in [5, 5.41) is 11.7. The maximum atomic E-state index is 11.8. The van der Waals surface area contributed by atoms with Gasteiger partial charge in [-0.05, 0) is 12.8 Å². The van der Waals surface area contributed by atoms with Crippen LogP contribution in [0.1, 0.15) is 110 Å². The van der Waals surface area contributed by atoms with E-state index in [1.54, 1.807) is 0 Å². The molecule has 142 valence electrons. The Kier molecular flexibility index (Phi) is 16.0. The Morgan fingerprint density at radius 1 is 0.750 bits per heavy atom. The lowest BCUT2D eigenvalue weighted by molar-refractivity contribution is -0.142. The second-order valence-corrected chi connectivity index (χ2v) is 6.89. The minimum Gasteiger partial charge on any atom is -0.480 e. The van der Waals surface area contributed by atoms with Crippen LogP contribution in [0.15, 0.2) is 0 Å². The summed E-state index contributed by atoms with van der Waals surface area (Å²) < 4.78 is 0. The lowest BCUT2D eigenvalue weighted by Crippen LogP contribution is -2.40. The molecule has 0 radical (unpaired) electrons. The zero-order chi connectivity index (χ0) is 18.0. The molecule has 0 aliphatic rings. The average Bonchev–Trinajstić information content (AvgIpc) is 2.56. The van der Waals surface area contributed by atoms with Gasteiger partial charge in [0.2, 0.25) is 5.91 Å². The van der Waals surface area contributed by atoms with Gasteiger partial charge in [-0.1, -0.05) is 90.9 Å². The summed E-state index contributed by atoms with van der Waals surface area (Å²) in [5.41, 5.74) is 0. The number of nitrogens with one attached hydrogen (secondary N) is 1. The topological polar surface area (TPSA) is 66.4 Å². The molecule has 4 heteroatoms. The van der Waals surface area contributed by atoms with Crippen molar-refractivity contribution in [3.63, 3.8) is 0 Å². The van der Waals surface area contributed by atoms with Gasteiger partial charge in [-0.15, -0.1) is 0 Å². The minimum atomic E-state index is -0.921. The molecule has 0 aromatic rings. The molecule has 0 aromatic carbocycles. The van der Waals surface area contributed by atoms with Gasteiger partial charge in [0.15, 0.2) is 0 Å². The van der Waals surface area contributed by atoms with E-state index in [2.05, 4.69) is 12.2 Å². The van der Waals surface area contributed by atoms with Crippen molar-refractivity contribution >= 4 is 11.9 Å². The largest absolute Gasteiger partial charge is 0.480 e. The molecule has 0 fully saturated rings. The van der Waals surface area contributed by atoms with Crippen LogP contribution in [0.5, 0.6) is 0 Å². The number of aliphatic carboxylic acids is 1. The lowest BCUT2D eigenvalue weighted by atomic mass is 10.0. The fourth-order valence-electron chi connectivity index (χ4n) is 2.88. The highest BCUT2D eigenvalue weighted by molar-refractivity contribution is 5.83. The molecule has 0 spiro atoms. The maximum Gasteiger partial charge on any atom is 0.326 e. The van der Waals surface area contributed by atoms with Crippen LogP contribution in [-0.4, -0.2) is 23.0 Å². The first-order valence-electron chi connectivity index (χ1n) is 10.1. The van der Waals surface area contributed by atoms with Crippen LogP contribution >= 0.6 is 0 Å². The van der Waals surface area contributed by atoms with Crippen molar-refractivity contribution in [1.29, 1.82) is 0 Å². The molecule has 1 amide bonds. The van der Waals surface area contributed by atoms with Gasteiger partial charge in [-0.3, -0.25) is 4.79 Å². The van der Waals surface area contributed by atoms with Gasteiger partial charge in [-0.25, -0.2) is 4.79 Å². The molecular weight excluding hydrogens is 302 g/mol. The Labute approximate surface area is 148 Å². The predicted octanol–water partition coefficient (Wildman–Crippen LogP) is 5.45. The summed E-state index contributed by atoms with van der Waals surface area (Å²) in [5.74, 6) is -1.04. The Morgan fingerprint density at radius 3 is 1.67 bits per heavy atom. The van der Waals surface area contributed by atoms with E-state index in [1.807, 2.05) is 6.92 Å². The first-order valence-corrected chi connectivity index (χ1v) is 10.1. The molecule has 24 heavy (non-hydrogen) atoms. The average molecular weight is 342 g/mol. The number of hydrogen-bond donors (Lipinski definition) is 2. The van der Waals surface area contributed by atoms with Crippen molar-refractivity contribution in [2.45, 2.75) is 116 Å². The Morgan fingerprint density at radius 2 is 1.21 bits per heavy atom. The van der Waals surface area contributed by atoms with Gasteiger partial charge in [0.25, 0.3) is 0 Å². The van der Waals surface area contributed by atoms with Gasteiger partial charge in [0, 0.05) is 6.42 Å². The molecule has 2 N–H and O–H groups in total. The summed E-state index contributed by atoms with van der Waals surface area (Å²) in [6.07, 6.45) is 16.5. The molecule has 0 unspecified atom stereocenters. The Balaban J connectivity index is 3.49. The number of carboxylic acids is 1. The van der Waals surface area contributed by atoms with E-state index < -0.39 is 12.0 Å². The Bertz CT molecular complexity index is 318. The smallest absolute Gasteiger partial charge is 0.326 e. The highest BCUT2D eigenvalue weighted by Gasteiger charge is 2.18. The van der Waals surface area contributed by atoms with E-state index >= 15 is 0 Å². The van der Waals surface area contributed by atoms with Crippen LogP contribution in [0.4, 0.5) is 0 Å². The quantitative estimate of drug-likeness (QED) is 0.346. The van der Waals surface area contributed by atoms with E-state index in [0.717, 1.165) is 25.7 Å². The summed E-state index contributed by atoms with van der Waals surface area (Å²) in [6.45, 7) is 4.26. The molecule has 0 saturated carbocycles. The molecule has 0 heterocycles. The maximum absolute atomic E-state index is 11.8. The molecule has 4 nitrogen and oxygen atoms in total. The summed E-state index contributed by atoms with van der Waals surface area (Å²) in [7, 11) is 0. The van der Waals surface area contributed by atoms with Gasteiger partial charge in [0.1, 0.15) is 6.04 Å². The standard InChI is InChI=1S/C20H39NO3/c1-3-5-7-8-9-10-11-12-13-14-15-17-19(22)21-18(20(23)24)16-6-4-2/h18H,3-17H2,1-2H3,(H,21,22)(H,23,24)/t18-/m0/s1. The fourth-order valence-corrected chi connectivity index (χ4v) is 2.88. The molecule has 0 rings (SSSR count). The van der Waals surface area contributed by atoms with Crippen molar-refractivity contribution in [2.24, 2.45) is 0 Å². The van der Waals surface area contributed by atoms with E-state index in [1.165, 1.54) is 57.8 Å². The number of carbonyl (C=O) groups is 2. The Hall–Kier alpha value is -1.06.